The molecule has 138 valence electrons. The fraction of sp³-hybridized carbons (Fsp3) is 0.182. The Labute approximate surface area is 163 Å². The number of benzene rings is 3. The Morgan fingerprint density at radius 3 is 2.48 bits per heavy atom. The van der Waals surface area contributed by atoms with Crippen LogP contribution in [0, 0.1) is 0 Å². The van der Waals surface area contributed by atoms with Gasteiger partial charge in [0, 0.05) is 11.6 Å². The molecule has 0 amide bonds. The topological polar surface area (TPSA) is 41.9 Å². The molecular formula is C22H20ClNO3. The first kappa shape index (κ1) is 17.7. The minimum atomic E-state index is -0.987. The minimum absolute atomic E-state index is 0.348. The summed E-state index contributed by atoms with van der Waals surface area (Å²) in [5.74, 6) is 1.43. The third-order valence-electron chi connectivity index (χ3n) is 4.74. The van der Waals surface area contributed by atoms with Crippen molar-refractivity contribution in [1.82, 2.24) is 0 Å². The average molecular weight is 382 g/mol. The molecule has 4 rings (SSSR count). The number of anilines is 1. The highest BCUT2D eigenvalue weighted by Gasteiger charge is 2.36. The lowest BCUT2D eigenvalue weighted by atomic mass is 10.0. The van der Waals surface area contributed by atoms with Crippen molar-refractivity contribution in [2.45, 2.75) is 18.9 Å². The van der Waals surface area contributed by atoms with E-state index in [0.29, 0.717) is 17.3 Å². The molecule has 3 aromatic carbocycles. The van der Waals surface area contributed by atoms with Crippen LogP contribution in [0.15, 0.2) is 72.8 Å². The van der Waals surface area contributed by atoms with Crippen molar-refractivity contribution in [1.29, 1.82) is 0 Å². The highest BCUT2D eigenvalue weighted by molar-refractivity contribution is 6.31. The van der Waals surface area contributed by atoms with Crippen LogP contribution in [0.2, 0.25) is 5.02 Å². The van der Waals surface area contributed by atoms with E-state index in [1.54, 1.807) is 19.2 Å². The average Bonchev–Trinajstić information content (AvgIpc) is 2.70. The highest BCUT2D eigenvalue weighted by Crippen LogP contribution is 2.43. The Morgan fingerprint density at radius 1 is 1.04 bits per heavy atom. The van der Waals surface area contributed by atoms with E-state index < -0.39 is 6.29 Å². The fourth-order valence-corrected chi connectivity index (χ4v) is 3.59. The Morgan fingerprint density at radius 2 is 1.78 bits per heavy atom. The summed E-state index contributed by atoms with van der Waals surface area (Å²) in [5, 5.41) is 11.4. The van der Waals surface area contributed by atoms with Gasteiger partial charge in [0.15, 0.2) is 0 Å². The molecule has 5 heteroatoms. The van der Waals surface area contributed by atoms with Crippen molar-refractivity contribution in [3.63, 3.8) is 0 Å². The second kappa shape index (κ2) is 7.51. The van der Waals surface area contributed by atoms with Gasteiger partial charge < -0.3 is 19.5 Å². The van der Waals surface area contributed by atoms with Crippen LogP contribution in [-0.4, -0.2) is 18.5 Å². The van der Waals surface area contributed by atoms with E-state index in [-0.39, 0.29) is 6.04 Å². The maximum absolute atomic E-state index is 10.8. The molecule has 2 atom stereocenters. The second-order valence-corrected chi connectivity index (χ2v) is 6.89. The van der Waals surface area contributed by atoms with Crippen molar-refractivity contribution in [2.75, 3.05) is 12.0 Å². The smallest absolute Gasteiger partial charge is 0.222 e. The zero-order valence-electron chi connectivity index (χ0n) is 14.9. The third-order valence-corrected chi connectivity index (χ3v) is 4.97. The molecule has 0 saturated heterocycles. The molecule has 0 bridgehead atoms. The van der Waals surface area contributed by atoms with Gasteiger partial charge in [0.1, 0.15) is 17.5 Å². The normalized spacial score (nSPS) is 18.6. The van der Waals surface area contributed by atoms with Crippen LogP contribution >= 0.6 is 11.6 Å². The lowest BCUT2D eigenvalue weighted by Crippen LogP contribution is -2.43. The molecular weight excluding hydrogens is 362 g/mol. The number of fused-ring (bicyclic) bond motifs is 1. The van der Waals surface area contributed by atoms with E-state index in [1.807, 2.05) is 60.7 Å². The second-order valence-electron chi connectivity index (χ2n) is 6.45. The molecule has 0 fully saturated rings. The molecule has 2 unspecified atom stereocenters. The Bertz CT molecular complexity index is 915. The summed E-state index contributed by atoms with van der Waals surface area (Å²) >= 11 is 6.25. The summed E-state index contributed by atoms with van der Waals surface area (Å²) < 4.78 is 11.0. The Balaban J connectivity index is 1.77. The van der Waals surface area contributed by atoms with E-state index in [2.05, 4.69) is 4.90 Å². The van der Waals surface area contributed by atoms with Crippen molar-refractivity contribution in [3.05, 3.63) is 88.9 Å². The van der Waals surface area contributed by atoms with E-state index in [0.717, 1.165) is 22.6 Å². The summed E-state index contributed by atoms with van der Waals surface area (Å²) in [6.07, 6.45) is -0.987. The molecule has 1 aliphatic heterocycles. The van der Waals surface area contributed by atoms with Gasteiger partial charge in [0.25, 0.3) is 0 Å². The summed E-state index contributed by atoms with van der Waals surface area (Å²) in [6, 6.07) is 22.9. The Hall–Kier alpha value is -2.69. The van der Waals surface area contributed by atoms with Crippen molar-refractivity contribution >= 4 is 17.3 Å². The van der Waals surface area contributed by atoms with Gasteiger partial charge in [0.05, 0.1) is 12.8 Å². The van der Waals surface area contributed by atoms with Crippen molar-refractivity contribution in [3.8, 4) is 11.5 Å². The van der Waals surface area contributed by atoms with Crippen molar-refractivity contribution < 1.29 is 14.6 Å². The summed E-state index contributed by atoms with van der Waals surface area (Å²) in [7, 11) is 1.65. The van der Waals surface area contributed by atoms with E-state index in [9.17, 15) is 5.11 Å². The van der Waals surface area contributed by atoms with Gasteiger partial charge in [0.2, 0.25) is 6.29 Å². The number of aliphatic hydroxyl groups excluding tert-OH is 1. The van der Waals surface area contributed by atoms with Crippen LogP contribution < -0.4 is 14.4 Å². The molecule has 27 heavy (non-hydrogen) atoms. The predicted octanol–water partition coefficient (Wildman–Crippen LogP) is 4.81. The van der Waals surface area contributed by atoms with Crippen LogP contribution in [0.25, 0.3) is 0 Å². The molecule has 3 aromatic rings. The van der Waals surface area contributed by atoms with Crippen LogP contribution in [0.4, 0.5) is 5.69 Å². The first-order chi connectivity index (χ1) is 13.2. The van der Waals surface area contributed by atoms with E-state index >= 15 is 0 Å². The highest BCUT2D eigenvalue weighted by atomic mass is 35.5. The minimum Gasteiger partial charge on any atom is -0.497 e. The number of methoxy groups -OCH3 is 1. The zero-order valence-corrected chi connectivity index (χ0v) is 15.6. The SMILES string of the molecule is COc1ccc(CN2c3cc(Cl)ccc3OC(O)C2c2ccccc2)cc1. The number of hydrogen-bond acceptors (Lipinski definition) is 4. The quantitative estimate of drug-likeness (QED) is 0.704. The predicted molar refractivity (Wildman–Crippen MR) is 106 cm³/mol. The molecule has 4 nitrogen and oxygen atoms in total. The number of hydrogen-bond donors (Lipinski definition) is 1. The van der Waals surface area contributed by atoms with E-state index in [4.69, 9.17) is 21.1 Å². The van der Waals surface area contributed by atoms with Gasteiger partial charge in [-0.15, -0.1) is 0 Å². The number of halogens is 1. The molecule has 0 aliphatic carbocycles. The summed E-state index contributed by atoms with van der Waals surface area (Å²) in [4.78, 5) is 2.13. The third kappa shape index (κ3) is 3.59. The number of rotatable bonds is 4. The van der Waals surface area contributed by atoms with Gasteiger partial charge >= 0.3 is 0 Å². The molecule has 1 heterocycles. The van der Waals surface area contributed by atoms with Crippen molar-refractivity contribution in [2.24, 2.45) is 0 Å². The number of aliphatic hydroxyl groups is 1. The molecule has 0 radical (unpaired) electrons. The molecule has 0 aromatic heterocycles. The standard InChI is InChI=1S/C22H20ClNO3/c1-26-18-10-7-15(8-11-18)14-24-19-13-17(23)9-12-20(19)27-22(25)21(24)16-5-3-2-4-6-16/h2-13,21-22,25H,14H2,1H3. The van der Waals surface area contributed by atoms with Gasteiger partial charge in [-0.2, -0.15) is 0 Å². The van der Waals surface area contributed by atoms with Crippen LogP contribution in [0.3, 0.4) is 0 Å². The number of ether oxygens (including phenoxy) is 2. The molecule has 0 saturated carbocycles. The first-order valence-corrected chi connectivity index (χ1v) is 9.12. The van der Waals surface area contributed by atoms with Crippen LogP contribution in [0.5, 0.6) is 11.5 Å². The monoisotopic (exact) mass is 381 g/mol. The van der Waals surface area contributed by atoms with E-state index in [1.165, 1.54) is 0 Å². The lowest BCUT2D eigenvalue weighted by Gasteiger charge is -2.41. The fourth-order valence-electron chi connectivity index (χ4n) is 3.42. The van der Waals surface area contributed by atoms with Gasteiger partial charge in [-0.05, 0) is 41.5 Å². The first-order valence-electron chi connectivity index (χ1n) is 8.74. The van der Waals surface area contributed by atoms with Gasteiger partial charge in [-0.1, -0.05) is 54.1 Å². The van der Waals surface area contributed by atoms with Crippen LogP contribution in [-0.2, 0) is 6.54 Å². The van der Waals surface area contributed by atoms with Gasteiger partial charge in [-0.3, -0.25) is 0 Å². The molecule has 1 aliphatic rings. The Kier molecular flexibility index (Phi) is 4.92. The molecule has 0 spiro atoms. The largest absolute Gasteiger partial charge is 0.497 e. The lowest BCUT2D eigenvalue weighted by molar-refractivity contribution is -0.0472. The maximum Gasteiger partial charge on any atom is 0.222 e. The maximum atomic E-state index is 10.8. The zero-order chi connectivity index (χ0) is 18.8. The van der Waals surface area contributed by atoms with Crippen LogP contribution in [0.1, 0.15) is 17.2 Å². The summed E-state index contributed by atoms with van der Waals surface area (Å²) in [5.41, 5.74) is 2.93. The molecule has 1 N–H and O–H groups in total. The van der Waals surface area contributed by atoms with Gasteiger partial charge in [-0.25, -0.2) is 0 Å². The number of nitrogens with zero attached hydrogens (tertiary/aromatic N) is 1. The summed E-state index contributed by atoms with van der Waals surface area (Å²) in [6.45, 7) is 0.595.